The van der Waals surface area contributed by atoms with Gasteiger partial charge in [-0.25, -0.2) is 0 Å². The zero-order valence-electron chi connectivity index (χ0n) is 13.2. The molecule has 1 aromatic carbocycles. The van der Waals surface area contributed by atoms with Crippen LogP contribution in [0.25, 0.3) is 0 Å². The van der Waals surface area contributed by atoms with Crippen LogP contribution in [-0.4, -0.2) is 43.7 Å². The lowest BCUT2D eigenvalue weighted by Crippen LogP contribution is -2.41. The highest BCUT2D eigenvalue weighted by molar-refractivity contribution is 6.30. The Kier molecular flexibility index (Phi) is 7.16. The van der Waals surface area contributed by atoms with E-state index < -0.39 is 0 Å². The van der Waals surface area contributed by atoms with Crippen molar-refractivity contribution in [3.05, 3.63) is 34.9 Å². The maximum atomic E-state index is 11.8. The Hall–Kier alpha value is -1.10. The molecule has 1 aliphatic rings. The summed E-state index contributed by atoms with van der Waals surface area (Å²) in [7, 11) is 0. The lowest BCUT2D eigenvalue weighted by Gasteiger charge is -2.35. The van der Waals surface area contributed by atoms with Crippen LogP contribution >= 0.6 is 11.6 Å². The number of nitrogens with one attached hydrogen (secondary N) is 1. The van der Waals surface area contributed by atoms with Gasteiger partial charge in [0.2, 0.25) is 5.91 Å². The van der Waals surface area contributed by atoms with Gasteiger partial charge < -0.3 is 10.1 Å². The Labute approximate surface area is 137 Å². The molecule has 1 saturated heterocycles. The fourth-order valence-electron chi connectivity index (χ4n) is 2.83. The van der Waals surface area contributed by atoms with Crippen molar-refractivity contribution in [1.29, 1.82) is 0 Å². The molecular weight excluding hydrogens is 300 g/mol. The van der Waals surface area contributed by atoms with E-state index in [1.165, 1.54) is 24.8 Å². The smallest absolute Gasteiger partial charge is 0.246 e. The van der Waals surface area contributed by atoms with E-state index in [9.17, 15) is 4.79 Å². The van der Waals surface area contributed by atoms with Crippen LogP contribution in [0.3, 0.4) is 0 Å². The number of carbonyl (C=O) groups is 1. The van der Waals surface area contributed by atoms with E-state index in [-0.39, 0.29) is 18.6 Å². The predicted octanol–water partition coefficient (Wildman–Crippen LogP) is 3.02. The fourth-order valence-corrected chi connectivity index (χ4v) is 2.96. The first-order valence-corrected chi connectivity index (χ1v) is 8.42. The third-order valence-corrected chi connectivity index (χ3v) is 4.27. The number of likely N-dealkylation sites (tertiary alicyclic amines) is 1. The molecule has 0 unspecified atom stereocenters. The topological polar surface area (TPSA) is 41.6 Å². The normalized spacial score (nSPS) is 17.2. The van der Waals surface area contributed by atoms with Gasteiger partial charge in [0.25, 0.3) is 0 Å². The van der Waals surface area contributed by atoms with E-state index in [4.69, 9.17) is 16.3 Å². The number of benzene rings is 1. The molecule has 22 heavy (non-hydrogen) atoms. The minimum atomic E-state index is -0.0576. The molecule has 1 fully saturated rings. The maximum absolute atomic E-state index is 11.8. The van der Waals surface area contributed by atoms with Gasteiger partial charge in [-0.1, -0.05) is 30.2 Å². The molecule has 122 valence electrons. The standard InChI is InChI=1S/C17H25ClN2O2/c1-2-22-13-17(21)19-12-16(20-10-4-3-5-11-20)14-6-8-15(18)9-7-14/h6-9,16H,2-5,10-13H2,1H3,(H,19,21)/t16-/m1/s1. The molecule has 1 atom stereocenters. The zero-order chi connectivity index (χ0) is 15.8. The Morgan fingerprint density at radius 2 is 1.95 bits per heavy atom. The Morgan fingerprint density at radius 1 is 1.27 bits per heavy atom. The summed E-state index contributed by atoms with van der Waals surface area (Å²) in [6, 6.07) is 8.13. The summed E-state index contributed by atoms with van der Waals surface area (Å²) in [5, 5.41) is 3.73. The fraction of sp³-hybridized carbons (Fsp3) is 0.588. The third kappa shape index (κ3) is 5.27. The quantitative estimate of drug-likeness (QED) is 0.838. The van der Waals surface area contributed by atoms with Crippen LogP contribution in [0.15, 0.2) is 24.3 Å². The van der Waals surface area contributed by atoms with E-state index in [1.54, 1.807) is 0 Å². The minimum Gasteiger partial charge on any atom is -0.372 e. The second-order valence-electron chi connectivity index (χ2n) is 5.61. The third-order valence-electron chi connectivity index (χ3n) is 4.02. The van der Waals surface area contributed by atoms with Crippen LogP contribution in [-0.2, 0) is 9.53 Å². The molecule has 0 radical (unpaired) electrons. The number of hydrogen-bond acceptors (Lipinski definition) is 3. The lowest BCUT2D eigenvalue weighted by atomic mass is 10.0. The van der Waals surface area contributed by atoms with Gasteiger partial charge in [0.15, 0.2) is 0 Å². The summed E-state index contributed by atoms with van der Waals surface area (Å²) >= 11 is 5.99. The molecule has 1 heterocycles. The molecule has 1 amide bonds. The number of amides is 1. The van der Waals surface area contributed by atoms with Crippen LogP contribution in [0.1, 0.15) is 37.8 Å². The SMILES string of the molecule is CCOCC(=O)NC[C@H](c1ccc(Cl)cc1)N1CCCCC1. The molecule has 0 spiro atoms. The van der Waals surface area contributed by atoms with Gasteiger partial charge in [0.05, 0.1) is 6.04 Å². The van der Waals surface area contributed by atoms with Crippen molar-refractivity contribution in [2.24, 2.45) is 0 Å². The van der Waals surface area contributed by atoms with Crippen molar-refractivity contribution in [3.63, 3.8) is 0 Å². The molecule has 4 nitrogen and oxygen atoms in total. The summed E-state index contributed by atoms with van der Waals surface area (Å²) in [5.41, 5.74) is 1.20. The Morgan fingerprint density at radius 3 is 2.59 bits per heavy atom. The van der Waals surface area contributed by atoms with Crippen molar-refractivity contribution >= 4 is 17.5 Å². The molecule has 0 bridgehead atoms. The van der Waals surface area contributed by atoms with Gasteiger partial charge in [0, 0.05) is 18.2 Å². The van der Waals surface area contributed by atoms with Crippen molar-refractivity contribution < 1.29 is 9.53 Å². The summed E-state index contributed by atoms with van der Waals surface area (Å²) < 4.78 is 5.15. The van der Waals surface area contributed by atoms with Crippen LogP contribution < -0.4 is 5.32 Å². The zero-order valence-corrected chi connectivity index (χ0v) is 13.9. The highest BCUT2D eigenvalue weighted by Crippen LogP contribution is 2.25. The molecular formula is C17H25ClN2O2. The Bertz CT molecular complexity index is 458. The van der Waals surface area contributed by atoms with Crippen LogP contribution in [0.4, 0.5) is 0 Å². The van der Waals surface area contributed by atoms with E-state index in [0.717, 1.165) is 18.1 Å². The lowest BCUT2D eigenvalue weighted by molar-refractivity contribution is -0.125. The number of piperidine rings is 1. The molecule has 1 N–H and O–H groups in total. The Balaban J connectivity index is 2.01. The van der Waals surface area contributed by atoms with Gasteiger partial charge in [-0.3, -0.25) is 9.69 Å². The highest BCUT2D eigenvalue weighted by Gasteiger charge is 2.22. The summed E-state index contributed by atoms with van der Waals surface area (Å²) in [5.74, 6) is -0.0576. The number of nitrogens with zero attached hydrogens (tertiary/aromatic N) is 1. The number of carbonyl (C=O) groups excluding carboxylic acids is 1. The number of rotatable bonds is 7. The summed E-state index contributed by atoms with van der Waals surface area (Å²) in [6.07, 6.45) is 3.73. The monoisotopic (exact) mass is 324 g/mol. The first kappa shape index (κ1) is 17.3. The van der Waals surface area contributed by atoms with E-state index in [0.29, 0.717) is 13.2 Å². The molecule has 0 saturated carbocycles. The minimum absolute atomic E-state index is 0.0576. The first-order valence-electron chi connectivity index (χ1n) is 8.04. The highest BCUT2D eigenvalue weighted by atomic mass is 35.5. The summed E-state index contributed by atoms with van der Waals surface area (Å²) in [6.45, 7) is 5.33. The number of hydrogen-bond donors (Lipinski definition) is 1. The van der Waals surface area contributed by atoms with Crippen molar-refractivity contribution in [3.8, 4) is 0 Å². The maximum Gasteiger partial charge on any atom is 0.246 e. The number of halogens is 1. The average Bonchev–Trinajstić information content (AvgIpc) is 2.55. The van der Waals surface area contributed by atoms with Gasteiger partial charge in [-0.2, -0.15) is 0 Å². The van der Waals surface area contributed by atoms with Crippen LogP contribution in [0.5, 0.6) is 0 Å². The van der Waals surface area contributed by atoms with Crippen molar-refractivity contribution in [2.45, 2.75) is 32.2 Å². The van der Waals surface area contributed by atoms with E-state index >= 15 is 0 Å². The largest absolute Gasteiger partial charge is 0.372 e. The second-order valence-corrected chi connectivity index (χ2v) is 6.04. The number of ether oxygens (including phenoxy) is 1. The second kappa shape index (κ2) is 9.13. The van der Waals surface area contributed by atoms with E-state index in [1.807, 2.05) is 19.1 Å². The first-order chi connectivity index (χ1) is 10.7. The molecule has 1 aromatic rings. The molecule has 0 aliphatic carbocycles. The molecule has 0 aromatic heterocycles. The molecule has 2 rings (SSSR count). The molecule has 5 heteroatoms. The average molecular weight is 325 g/mol. The van der Waals surface area contributed by atoms with Crippen molar-refractivity contribution in [1.82, 2.24) is 10.2 Å². The van der Waals surface area contributed by atoms with Crippen LogP contribution in [0.2, 0.25) is 5.02 Å². The van der Waals surface area contributed by atoms with E-state index in [2.05, 4.69) is 22.3 Å². The van der Waals surface area contributed by atoms with Crippen molar-refractivity contribution in [2.75, 3.05) is 32.8 Å². The van der Waals surface area contributed by atoms with Gasteiger partial charge in [-0.15, -0.1) is 0 Å². The van der Waals surface area contributed by atoms with Gasteiger partial charge in [0.1, 0.15) is 6.61 Å². The summed E-state index contributed by atoms with van der Waals surface area (Å²) in [4.78, 5) is 14.3. The molecule has 1 aliphatic heterocycles. The predicted molar refractivity (Wildman–Crippen MR) is 89.1 cm³/mol. The van der Waals surface area contributed by atoms with Gasteiger partial charge >= 0.3 is 0 Å². The van der Waals surface area contributed by atoms with Crippen LogP contribution in [0, 0.1) is 0 Å². The van der Waals surface area contributed by atoms with Gasteiger partial charge in [-0.05, 0) is 50.6 Å².